The van der Waals surface area contributed by atoms with Gasteiger partial charge in [0.1, 0.15) is 0 Å². The van der Waals surface area contributed by atoms with Crippen molar-refractivity contribution in [2.24, 2.45) is 0 Å². The molecule has 2 heteroatoms. The first-order valence-corrected chi connectivity index (χ1v) is 10.9. The summed E-state index contributed by atoms with van der Waals surface area (Å²) in [6.45, 7) is 0.166. The zero-order valence-corrected chi connectivity index (χ0v) is 17.5. The first-order chi connectivity index (χ1) is 15.3. The monoisotopic (exact) mass is 406 g/mol. The molecule has 4 aromatic carbocycles. The molecule has 0 saturated carbocycles. The second-order valence-electron chi connectivity index (χ2n) is 8.07. The average molecular weight is 407 g/mol. The van der Waals surface area contributed by atoms with Crippen LogP contribution in [0.2, 0.25) is 0 Å². The van der Waals surface area contributed by atoms with Crippen molar-refractivity contribution in [2.45, 2.75) is 19.3 Å². The van der Waals surface area contributed by atoms with E-state index in [-0.39, 0.29) is 13.2 Å². The van der Waals surface area contributed by atoms with Crippen molar-refractivity contribution in [3.63, 3.8) is 0 Å². The third-order valence-corrected chi connectivity index (χ3v) is 6.32. The van der Waals surface area contributed by atoms with Crippen molar-refractivity contribution in [3.8, 4) is 33.4 Å². The molecule has 4 aromatic rings. The lowest BCUT2D eigenvalue weighted by Crippen LogP contribution is -2.08. The van der Waals surface area contributed by atoms with Gasteiger partial charge in [-0.25, -0.2) is 0 Å². The highest BCUT2D eigenvalue weighted by Gasteiger charge is 2.30. The summed E-state index contributed by atoms with van der Waals surface area (Å²) in [7, 11) is 0. The Labute approximate surface area is 183 Å². The van der Waals surface area contributed by atoms with Crippen molar-refractivity contribution >= 4 is 0 Å². The smallest absolute Gasteiger partial charge is 0.0471 e. The maximum absolute atomic E-state index is 10.0. The van der Waals surface area contributed by atoms with E-state index in [0.29, 0.717) is 12.8 Å². The van der Waals surface area contributed by atoms with E-state index in [1.165, 1.54) is 44.5 Å². The van der Waals surface area contributed by atoms with Gasteiger partial charge in [-0.3, -0.25) is 0 Å². The van der Waals surface area contributed by atoms with Crippen LogP contribution in [0.15, 0.2) is 84.9 Å². The second-order valence-corrected chi connectivity index (χ2v) is 8.07. The molecule has 0 amide bonds. The normalized spacial score (nSPS) is 11.9. The Bertz CT molecular complexity index is 1210. The molecule has 0 fully saturated rings. The number of aliphatic hydroxyl groups is 2. The largest absolute Gasteiger partial charge is 0.396 e. The van der Waals surface area contributed by atoms with Gasteiger partial charge in [0.05, 0.1) is 0 Å². The van der Waals surface area contributed by atoms with E-state index in [1.807, 2.05) is 6.07 Å². The standard InChI is InChI=1S/C29H26O2/c30-17-15-24-25(16-18-31)29-23-14-8-7-13-22(23)19-26(29)28(21-11-5-2-6-12-21)27(24)20-9-3-1-4-10-20/h1-14,30-31H,15-19H2. The minimum absolute atomic E-state index is 0.0763. The van der Waals surface area contributed by atoms with Crippen molar-refractivity contribution in [1.82, 2.24) is 0 Å². The molecule has 0 aromatic heterocycles. The third kappa shape index (κ3) is 3.38. The van der Waals surface area contributed by atoms with Crippen LogP contribution in [0.5, 0.6) is 0 Å². The van der Waals surface area contributed by atoms with E-state index in [9.17, 15) is 10.2 Å². The summed E-state index contributed by atoms with van der Waals surface area (Å²) in [6, 6.07) is 29.7. The average Bonchev–Trinajstić information content (AvgIpc) is 3.20. The van der Waals surface area contributed by atoms with Gasteiger partial charge in [0, 0.05) is 13.2 Å². The molecule has 0 unspecified atom stereocenters. The Morgan fingerprint density at radius 1 is 0.548 bits per heavy atom. The van der Waals surface area contributed by atoms with Gasteiger partial charge in [0.2, 0.25) is 0 Å². The first kappa shape index (κ1) is 19.7. The molecule has 0 aliphatic heterocycles. The number of benzene rings is 4. The summed E-state index contributed by atoms with van der Waals surface area (Å²) >= 11 is 0. The zero-order chi connectivity index (χ0) is 21.2. The lowest BCUT2D eigenvalue weighted by molar-refractivity contribution is 0.293. The minimum Gasteiger partial charge on any atom is -0.396 e. The minimum atomic E-state index is 0.0763. The van der Waals surface area contributed by atoms with Gasteiger partial charge in [-0.05, 0) is 74.9 Å². The van der Waals surface area contributed by atoms with Crippen LogP contribution in [0.25, 0.3) is 33.4 Å². The van der Waals surface area contributed by atoms with Gasteiger partial charge in [-0.15, -0.1) is 0 Å². The van der Waals surface area contributed by atoms with E-state index in [4.69, 9.17) is 0 Å². The molecule has 0 atom stereocenters. The molecular formula is C29H26O2. The van der Waals surface area contributed by atoms with Gasteiger partial charge in [0.25, 0.3) is 0 Å². The molecule has 0 radical (unpaired) electrons. The number of aliphatic hydroxyl groups excluding tert-OH is 2. The summed E-state index contributed by atoms with van der Waals surface area (Å²) in [6.07, 6.45) is 2.03. The highest BCUT2D eigenvalue weighted by molar-refractivity contribution is 5.97. The van der Waals surface area contributed by atoms with Gasteiger partial charge in [0.15, 0.2) is 0 Å². The molecule has 1 aliphatic rings. The molecule has 154 valence electrons. The Balaban J connectivity index is 1.95. The highest BCUT2D eigenvalue weighted by atomic mass is 16.3. The van der Waals surface area contributed by atoms with Crippen LogP contribution in [0.3, 0.4) is 0 Å². The molecular weight excluding hydrogens is 380 g/mol. The van der Waals surface area contributed by atoms with E-state index in [0.717, 1.165) is 17.5 Å². The Hall–Kier alpha value is -3.20. The van der Waals surface area contributed by atoms with Crippen LogP contribution < -0.4 is 0 Å². The fraction of sp³-hybridized carbons (Fsp3) is 0.172. The Morgan fingerprint density at radius 3 is 1.68 bits per heavy atom. The Kier molecular flexibility index (Phi) is 5.42. The lowest BCUT2D eigenvalue weighted by Gasteiger charge is -2.24. The van der Waals surface area contributed by atoms with Crippen molar-refractivity contribution in [1.29, 1.82) is 0 Å². The Morgan fingerprint density at radius 2 is 1.06 bits per heavy atom. The van der Waals surface area contributed by atoms with Gasteiger partial charge in [-0.1, -0.05) is 84.9 Å². The maximum atomic E-state index is 10.0. The van der Waals surface area contributed by atoms with Crippen LogP contribution in [-0.4, -0.2) is 23.4 Å². The molecule has 5 rings (SSSR count). The highest BCUT2D eigenvalue weighted by Crippen LogP contribution is 2.50. The van der Waals surface area contributed by atoms with Crippen LogP contribution >= 0.6 is 0 Å². The molecule has 31 heavy (non-hydrogen) atoms. The molecule has 0 heterocycles. The summed E-state index contributed by atoms with van der Waals surface area (Å²) in [5.41, 5.74) is 12.3. The first-order valence-electron chi connectivity index (χ1n) is 10.9. The van der Waals surface area contributed by atoms with Crippen LogP contribution in [0.4, 0.5) is 0 Å². The molecule has 0 spiro atoms. The second kappa shape index (κ2) is 8.50. The predicted molar refractivity (Wildman–Crippen MR) is 127 cm³/mol. The van der Waals surface area contributed by atoms with E-state index in [1.54, 1.807) is 0 Å². The van der Waals surface area contributed by atoms with Gasteiger partial charge < -0.3 is 10.2 Å². The fourth-order valence-electron chi connectivity index (χ4n) is 5.14. The van der Waals surface area contributed by atoms with E-state index >= 15 is 0 Å². The van der Waals surface area contributed by atoms with Crippen molar-refractivity contribution in [2.75, 3.05) is 13.2 Å². The summed E-state index contributed by atoms with van der Waals surface area (Å²) in [5, 5.41) is 20.0. The number of hydrogen-bond donors (Lipinski definition) is 2. The molecule has 0 saturated heterocycles. The molecule has 0 bridgehead atoms. The van der Waals surface area contributed by atoms with Gasteiger partial charge in [-0.2, -0.15) is 0 Å². The summed E-state index contributed by atoms with van der Waals surface area (Å²) in [4.78, 5) is 0. The predicted octanol–water partition coefficient (Wildman–Crippen LogP) is 5.66. The maximum Gasteiger partial charge on any atom is 0.0471 e. The van der Waals surface area contributed by atoms with E-state index in [2.05, 4.69) is 78.9 Å². The number of rotatable bonds is 6. The molecule has 2 nitrogen and oxygen atoms in total. The van der Waals surface area contributed by atoms with Crippen LogP contribution in [0.1, 0.15) is 22.3 Å². The molecule has 1 aliphatic carbocycles. The quantitative estimate of drug-likeness (QED) is 0.382. The van der Waals surface area contributed by atoms with Crippen molar-refractivity contribution < 1.29 is 10.2 Å². The van der Waals surface area contributed by atoms with Crippen molar-refractivity contribution in [3.05, 3.63) is 107 Å². The van der Waals surface area contributed by atoms with E-state index < -0.39 is 0 Å². The summed E-state index contributed by atoms with van der Waals surface area (Å²) in [5.74, 6) is 0. The van der Waals surface area contributed by atoms with Crippen LogP contribution in [0, 0.1) is 0 Å². The lowest BCUT2D eigenvalue weighted by atomic mass is 9.79. The summed E-state index contributed by atoms with van der Waals surface area (Å²) < 4.78 is 0. The topological polar surface area (TPSA) is 40.5 Å². The van der Waals surface area contributed by atoms with Crippen LogP contribution in [-0.2, 0) is 19.3 Å². The number of hydrogen-bond acceptors (Lipinski definition) is 2. The zero-order valence-electron chi connectivity index (χ0n) is 17.5. The third-order valence-electron chi connectivity index (χ3n) is 6.32. The number of fused-ring (bicyclic) bond motifs is 3. The molecule has 2 N–H and O–H groups in total. The van der Waals surface area contributed by atoms with Gasteiger partial charge >= 0.3 is 0 Å². The fourth-order valence-corrected chi connectivity index (χ4v) is 5.14. The SMILES string of the molecule is OCCc1c(CCO)c(-c2ccccc2)c(-c2ccccc2)c2c1-c1ccccc1C2.